The Morgan fingerprint density at radius 2 is 1.97 bits per heavy atom. The van der Waals surface area contributed by atoms with Crippen molar-refractivity contribution in [3.63, 3.8) is 0 Å². The van der Waals surface area contributed by atoms with E-state index in [1.165, 1.54) is 24.5 Å². The molecule has 0 aliphatic heterocycles. The van der Waals surface area contributed by atoms with Gasteiger partial charge in [-0.2, -0.15) is 8.78 Å². The van der Waals surface area contributed by atoms with Crippen LogP contribution in [0, 0.1) is 0 Å². The lowest BCUT2D eigenvalue weighted by molar-refractivity contribution is -0.122. The van der Waals surface area contributed by atoms with Gasteiger partial charge in [0.05, 0.1) is 13.7 Å². The standard InChI is InChI=1S/C22H23F2N3O3S/c1-27(13-15-8-9-17(30-22(23)24)18(12-15)29-2)14-19(28)26-20(21-25-10-11-31-21)16-6-4-3-5-7-16/h3-12,20,22H,13-14H2,1-2H3,(H,26,28). The number of hydrogen-bond donors (Lipinski definition) is 1. The van der Waals surface area contributed by atoms with E-state index in [1.54, 1.807) is 25.4 Å². The third-order valence-corrected chi connectivity index (χ3v) is 5.29. The summed E-state index contributed by atoms with van der Waals surface area (Å²) >= 11 is 1.48. The van der Waals surface area contributed by atoms with Crippen molar-refractivity contribution in [2.24, 2.45) is 0 Å². The molecule has 164 valence electrons. The van der Waals surface area contributed by atoms with Crippen molar-refractivity contribution in [1.29, 1.82) is 0 Å². The summed E-state index contributed by atoms with van der Waals surface area (Å²) in [5, 5.41) is 5.73. The van der Waals surface area contributed by atoms with Gasteiger partial charge in [-0.25, -0.2) is 4.98 Å². The molecule has 0 aliphatic rings. The number of amides is 1. The maximum atomic E-state index is 12.7. The number of nitrogens with one attached hydrogen (secondary N) is 1. The molecule has 31 heavy (non-hydrogen) atoms. The predicted octanol–water partition coefficient (Wildman–Crippen LogP) is 4.09. The number of ether oxygens (including phenoxy) is 2. The van der Waals surface area contributed by atoms with Gasteiger partial charge in [0, 0.05) is 18.1 Å². The first-order valence-corrected chi connectivity index (χ1v) is 10.4. The number of rotatable bonds is 10. The van der Waals surface area contributed by atoms with Gasteiger partial charge in [-0.1, -0.05) is 36.4 Å². The average molecular weight is 448 g/mol. The zero-order valence-electron chi connectivity index (χ0n) is 17.1. The van der Waals surface area contributed by atoms with Gasteiger partial charge in [0.1, 0.15) is 11.0 Å². The van der Waals surface area contributed by atoms with Gasteiger partial charge in [-0.3, -0.25) is 9.69 Å². The minimum absolute atomic E-state index is 0.0317. The van der Waals surface area contributed by atoms with E-state index < -0.39 is 6.61 Å². The third-order valence-electron chi connectivity index (χ3n) is 4.45. The molecule has 0 fully saturated rings. The van der Waals surface area contributed by atoms with Crippen molar-refractivity contribution in [3.05, 3.63) is 76.2 Å². The lowest BCUT2D eigenvalue weighted by Gasteiger charge is -2.21. The van der Waals surface area contributed by atoms with Crippen LogP contribution in [0.5, 0.6) is 11.5 Å². The first kappa shape index (κ1) is 22.6. The molecule has 3 aromatic rings. The molecule has 0 saturated carbocycles. The normalized spacial score (nSPS) is 12.1. The van der Waals surface area contributed by atoms with E-state index in [4.69, 9.17) is 4.74 Å². The van der Waals surface area contributed by atoms with E-state index in [9.17, 15) is 13.6 Å². The number of carbonyl (C=O) groups excluding carboxylic acids is 1. The molecule has 1 heterocycles. The fourth-order valence-electron chi connectivity index (χ4n) is 3.13. The molecule has 1 unspecified atom stereocenters. The molecule has 0 radical (unpaired) electrons. The summed E-state index contributed by atoms with van der Waals surface area (Å²) in [6, 6.07) is 14.0. The molecule has 0 bridgehead atoms. The Morgan fingerprint density at radius 1 is 1.19 bits per heavy atom. The highest BCUT2D eigenvalue weighted by Gasteiger charge is 2.20. The summed E-state index contributed by atoms with van der Waals surface area (Å²) < 4.78 is 34.5. The Balaban J connectivity index is 1.63. The van der Waals surface area contributed by atoms with E-state index in [0.29, 0.717) is 6.54 Å². The number of halogens is 2. The Kier molecular flexibility index (Phi) is 7.91. The molecule has 1 aromatic heterocycles. The summed E-state index contributed by atoms with van der Waals surface area (Å²) in [6.45, 7) is -2.36. The topological polar surface area (TPSA) is 63.7 Å². The number of thiazole rings is 1. The maximum Gasteiger partial charge on any atom is 0.387 e. The van der Waals surface area contributed by atoms with Crippen molar-refractivity contribution in [1.82, 2.24) is 15.2 Å². The van der Waals surface area contributed by atoms with Crippen LogP contribution in [0.2, 0.25) is 0 Å². The molecular weight excluding hydrogens is 424 g/mol. The van der Waals surface area contributed by atoms with Gasteiger partial charge in [0.25, 0.3) is 0 Å². The van der Waals surface area contributed by atoms with Gasteiger partial charge >= 0.3 is 6.61 Å². The smallest absolute Gasteiger partial charge is 0.387 e. The molecule has 6 nitrogen and oxygen atoms in total. The van der Waals surface area contributed by atoms with E-state index in [1.807, 2.05) is 40.6 Å². The maximum absolute atomic E-state index is 12.7. The van der Waals surface area contributed by atoms with Crippen LogP contribution < -0.4 is 14.8 Å². The minimum Gasteiger partial charge on any atom is -0.493 e. The fourth-order valence-corrected chi connectivity index (χ4v) is 3.85. The monoisotopic (exact) mass is 447 g/mol. The van der Waals surface area contributed by atoms with Crippen LogP contribution in [0.15, 0.2) is 60.1 Å². The number of alkyl halides is 2. The fraction of sp³-hybridized carbons (Fsp3) is 0.273. The summed E-state index contributed by atoms with van der Waals surface area (Å²) in [5.74, 6) is 0.0236. The summed E-state index contributed by atoms with van der Waals surface area (Å²) in [7, 11) is 3.19. The van der Waals surface area contributed by atoms with E-state index in [0.717, 1.165) is 16.1 Å². The van der Waals surface area contributed by atoms with Crippen LogP contribution in [0.4, 0.5) is 8.78 Å². The van der Waals surface area contributed by atoms with Crippen molar-refractivity contribution < 1.29 is 23.0 Å². The van der Waals surface area contributed by atoms with Crippen LogP contribution in [0.1, 0.15) is 22.2 Å². The highest BCUT2D eigenvalue weighted by Crippen LogP contribution is 2.30. The third kappa shape index (κ3) is 6.47. The second kappa shape index (κ2) is 10.8. The molecule has 1 N–H and O–H groups in total. The molecule has 9 heteroatoms. The molecule has 0 spiro atoms. The van der Waals surface area contributed by atoms with Crippen LogP contribution in [-0.2, 0) is 11.3 Å². The van der Waals surface area contributed by atoms with E-state index >= 15 is 0 Å². The molecule has 0 aliphatic carbocycles. The summed E-state index contributed by atoms with van der Waals surface area (Å²) in [5.41, 5.74) is 1.75. The Labute approximate surface area is 183 Å². The summed E-state index contributed by atoms with van der Waals surface area (Å²) in [4.78, 5) is 18.9. The van der Waals surface area contributed by atoms with Crippen LogP contribution in [0.25, 0.3) is 0 Å². The van der Waals surface area contributed by atoms with Gasteiger partial charge < -0.3 is 14.8 Å². The number of benzene rings is 2. The average Bonchev–Trinajstić information content (AvgIpc) is 3.28. The Hall–Kier alpha value is -3.04. The molecule has 1 atom stereocenters. The second-order valence-corrected chi connectivity index (χ2v) is 7.74. The molecule has 2 aromatic carbocycles. The van der Waals surface area contributed by atoms with Crippen molar-refractivity contribution >= 4 is 17.2 Å². The SMILES string of the molecule is COc1cc(CN(C)CC(=O)NC(c2ccccc2)c2nccs2)ccc1OC(F)F. The number of aromatic nitrogens is 1. The lowest BCUT2D eigenvalue weighted by Crippen LogP contribution is -2.37. The highest BCUT2D eigenvalue weighted by atomic mass is 32.1. The highest BCUT2D eigenvalue weighted by molar-refractivity contribution is 7.09. The second-order valence-electron chi connectivity index (χ2n) is 6.82. The number of nitrogens with zero attached hydrogens (tertiary/aromatic N) is 2. The molecular formula is C22H23F2N3O3S. The predicted molar refractivity (Wildman–Crippen MR) is 115 cm³/mol. The first-order valence-electron chi connectivity index (χ1n) is 9.50. The van der Waals surface area contributed by atoms with Gasteiger partial charge in [0.15, 0.2) is 11.5 Å². The van der Waals surface area contributed by atoms with Crippen LogP contribution in [0.3, 0.4) is 0 Å². The quantitative estimate of drug-likeness (QED) is 0.507. The minimum atomic E-state index is -2.93. The molecule has 3 rings (SSSR count). The van der Waals surface area contributed by atoms with Gasteiger partial charge in [-0.05, 0) is 30.3 Å². The van der Waals surface area contributed by atoms with E-state index in [2.05, 4.69) is 15.0 Å². The molecule has 0 saturated heterocycles. The van der Waals surface area contributed by atoms with Crippen molar-refractivity contribution in [2.75, 3.05) is 20.7 Å². The van der Waals surface area contributed by atoms with Crippen molar-refractivity contribution in [3.8, 4) is 11.5 Å². The largest absolute Gasteiger partial charge is 0.493 e. The number of hydrogen-bond acceptors (Lipinski definition) is 6. The van der Waals surface area contributed by atoms with E-state index in [-0.39, 0.29) is 30.0 Å². The number of likely N-dealkylation sites (N-methyl/N-ethyl adjacent to an activating group) is 1. The van der Waals surface area contributed by atoms with Crippen LogP contribution in [-0.4, -0.2) is 43.1 Å². The lowest BCUT2D eigenvalue weighted by atomic mass is 10.1. The first-order chi connectivity index (χ1) is 15.0. The summed E-state index contributed by atoms with van der Waals surface area (Å²) in [6.07, 6.45) is 1.71. The van der Waals surface area contributed by atoms with Gasteiger partial charge in [-0.15, -0.1) is 11.3 Å². The van der Waals surface area contributed by atoms with Crippen molar-refractivity contribution in [2.45, 2.75) is 19.2 Å². The zero-order valence-corrected chi connectivity index (χ0v) is 17.9. The molecule has 1 amide bonds. The Bertz CT molecular complexity index is 971. The Morgan fingerprint density at radius 3 is 2.61 bits per heavy atom. The number of methoxy groups -OCH3 is 1. The zero-order chi connectivity index (χ0) is 22.2. The number of carbonyl (C=O) groups is 1. The van der Waals surface area contributed by atoms with Gasteiger partial charge in [0.2, 0.25) is 5.91 Å². The van der Waals surface area contributed by atoms with Crippen LogP contribution >= 0.6 is 11.3 Å².